The zero-order valence-corrected chi connectivity index (χ0v) is 11.1. The van der Waals surface area contributed by atoms with E-state index in [0.717, 1.165) is 22.5 Å². The topological polar surface area (TPSA) is 53.5 Å². The minimum absolute atomic E-state index is 0.147. The molecule has 3 rings (SSSR count). The van der Waals surface area contributed by atoms with E-state index in [2.05, 4.69) is 15.6 Å². The number of likely N-dealkylation sites (N-methyl/N-ethyl adjacent to an activating group) is 1. The summed E-state index contributed by atoms with van der Waals surface area (Å²) in [6, 6.07) is 17.6. The number of nitrogens with one attached hydrogen (secondary N) is 2. The number of hydrogen-bond donors (Lipinski definition) is 2. The monoisotopic (exact) mass is 265 g/mol. The molecule has 0 fully saturated rings. The number of nitrogens with zero attached hydrogens (tertiary/aromatic N) is 1. The molecule has 0 aromatic heterocycles. The smallest absolute Gasteiger partial charge is 0.263 e. The first kappa shape index (κ1) is 12.6. The molecular weight excluding hydrogens is 250 g/mol. The van der Waals surface area contributed by atoms with Crippen molar-refractivity contribution in [2.24, 2.45) is 4.99 Å². The lowest BCUT2D eigenvalue weighted by atomic mass is 10.0. The van der Waals surface area contributed by atoms with E-state index in [1.54, 1.807) is 7.05 Å². The minimum atomic E-state index is -0.586. The first-order valence-corrected chi connectivity index (χ1v) is 6.50. The third-order valence-corrected chi connectivity index (χ3v) is 3.27. The van der Waals surface area contributed by atoms with Gasteiger partial charge in [0.25, 0.3) is 5.91 Å². The molecule has 1 aliphatic heterocycles. The number of amides is 1. The molecule has 1 atom stereocenters. The van der Waals surface area contributed by atoms with Crippen LogP contribution in [-0.2, 0) is 4.79 Å². The van der Waals surface area contributed by atoms with Crippen LogP contribution in [0.25, 0.3) is 0 Å². The van der Waals surface area contributed by atoms with Gasteiger partial charge in [-0.25, -0.2) is 0 Å². The molecule has 0 bridgehead atoms. The molecule has 0 saturated carbocycles. The molecule has 1 amide bonds. The van der Waals surface area contributed by atoms with E-state index < -0.39 is 6.17 Å². The van der Waals surface area contributed by atoms with Crippen LogP contribution >= 0.6 is 0 Å². The van der Waals surface area contributed by atoms with Crippen molar-refractivity contribution in [1.82, 2.24) is 5.32 Å². The molecular formula is C16H15N3O. The molecule has 20 heavy (non-hydrogen) atoms. The summed E-state index contributed by atoms with van der Waals surface area (Å²) in [7, 11) is 1.73. The lowest BCUT2D eigenvalue weighted by Crippen LogP contribution is -2.36. The van der Waals surface area contributed by atoms with E-state index in [9.17, 15) is 4.79 Å². The summed E-state index contributed by atoms with van der Waals surface area (Å²) in [6.45, 7) is 0. The van der Waals surface area contributed by atoms with E-state index in [4.69, 9.17) is 0 Å². The number of anilines is 1. The number of aliphatic imine (C=N–C) groups is 1. The summed E-state index contributed by atoms with van der Waals surface area (Å²) < 4.78 is 0. The second kappa shape index (κ2) is 5.27. The van der Waals surface area contributed by atoms with E-state index >= 15 is 0 Å². The van der Waals surface area contributed by atoms with Crippen molar-refractivity contribution in [2.75, 3.05) is 12.4 Å². The van der Waals surface area contributed by atoms with Gasteiger partial charge in [-0.3, -0.25) is 15.1 Å². The Morgan fingerprint density at radius 1 is 1.05 bits per heavy atom. The molecule has 4 heteroatoms. The Kier molecular flexibility index (Phi) is 3.31. The number of hydrogen-bond acceptors (Lipinski definition) is 3. The van der Waals surface area contributed by atoms with Crippen LogP contribution in [-0.4, -0.2) is 24.8 Å². The molecule has 0 unspecified atom stereocenters. The van der Waals surface area contributed by atoms with Crippen LogP contribution < -0.4 is 10.6 Å². The fourth-order valence-corrected chi connectivity index (χ4v) is 2.28. The van der Waals surface area contributed by atoms with Crippen LogP contribution in [0.4, 0.5) is 5.69 Å². The second-order valence-corrected chi connectivity index (χ2v) is 4.57. The van der Waals surface area contributed by atoms with Crippen LogP contribution in [0, 0.1) is 0 Å². The highest BCUT2D eigenvalue weighted by atomic mass is 16.2. The van der Waals surface area contributed by atoms with Crippen LogP contribution in [0.1, 0.15) is 11.1 Å². The van der Waals surface area contributed by atoms with Gasteiger partial charge in [0.1, 0.15) is 0 Å². The SMILES string of the molecule is CN[C@@H]1N=C(c2ccccc2)c2ccccc2NC1=O. The zero-order chi connectivity index (χ0) is 13.9. The average molecular weight is 265 g/mol. The molecule has 0 saturated heterocycles. The minimum Gasteiger partial charge on any atom is -0.322 e. The van der Waals surface area contributed by atoms with E-state index in [-0.39, 0.29) is 5.91 Å². The van der Waals surface area contributed by atoms with Gasteiger partial charge >= 0.3 is 0 Å². The number of carbonyl (C=O) groups excluding carboxylic acids is 1. The van der Waals surface area contributed by atoms with Crippen molar-refractivity contribution in [2.45, 2.75) is 6.17 Å². The molecule has 2 aromatic carbocycles. The highest BCUT2D eigenvalue weighted by Crippen LogP contribution is 2.23. The van der Waals surface area contributed by atoms with Crippen molar-refractivity contribution in [1.29, 1.82) is 0 Å². The standard InChI is InChI=1S/C16H15N3O/c1-17-15-16(20)18-13-10-6-5-9-12(13)14(19-15)11-7-3-2-4-8-11/h2-10,15,17H,1H3,(H,18,20)/t15-/m1/s1. The summed E-state index contributed by atoms with van der Waals surface area (Å²) in [5, 5.41) is 5.84. The van der Waals surface area contributed by atoms with Gasteiger partial charge < -0.3 is 5.32 Å². The molecule has 2 aromatic rings. The molecule has 1 heterocycles. The van der Waals surface area contributed by atoms with Gasteiger partial charge in [-0.2, -0.15) is 0 Å². The molecule has 0 spiro atoms. The van der Waals surface area contributed by atoms with Crippen molar-refractivity contribution >= 4 is 17.3 Å². The van der Waals surface area contributed by atoms with Gasteiger partial charge in [-0.15, -0.1) is 0 Å². The van der Waals surface area contributed by atoms with Gasteiger partial charge in [0.15, 0.2) is 6.17 Å². The van der Waals surface area contributed by atoms with Gasteiger partial charge in [-0.05, 0) is 13.1 Å². The molecule has 2 N–H and O–H groups in total. The van der Waals surface area contributed by atoms with Gasteiger partial charge in [0.2, 0.25) is 0 Å². The van der Waals surface area contributed by atoms with Crippen LogP contribution in [0.15, 0.2) is 59.6 Å². The van der Waals surface area contributed by atoms with Crippen LogP contribution in [0.2, 0.25) is 0 Å². The number of fused-ring (bicyclic) bond motifs is 1. The largest absolute Gasteiger partial charge is 0.322 e. The predicted molar refractivity (Wildman–Crippen MR) is 80.0 cm³/mol. The maximum atomic E-state index is 12.1. The summed E-state index contributed by atoms with van der Waals surface area (Å²) in [6.07, 6.45) is -0.586. The fourth-order valence-electron chi connectivity index (χ4n) is 2.28. The number of carbonyl (C=O) groups is 1. The Morgan fingerprint density at radius 2 is 1.75 bits per heavy atom. The lowest BCUT2D eigenvalue weighted by Gasteiger charge is -2.09. The maximum absolute atomic E-state index is 12.1. The van der Waals surface area contributed by atoms with Crippen molar-refractivity contribution < 1.29 is 4.79 Å². The zero-order valence-electron chi connectivity index (χ0n) is 11.1. The lowest BCUT2D eigenvalue weighted by molar-refractivity contribution is -0.117. The second-order valence-electron chi connectivity index (χ2n) is 4.57. The highest BCUT2D eigenvalue weighted by molar-refractivity contribution is 6.19. The Hall–Kier alpha value is -2.46. The Morgan fingerprint density at radius 3 is 2.50 bits per heavy atom. The Balaban J connectivity index is 2.20. The third kappa shape index (κ3) is 2.21. The van der Waals surface area contributed by atoms with Gasteiger partial charge in [0, 0.05) is 11.1 Å². The van der Waals surface area contributed by atoms with Crippen LogP contribution in [0.5, 0.6) is 0 Å². The van der Waals surface area contributed by atoms with Crippen molar-refractivity contribution in [3.8, 4) is 0 Å². The first-order chi connectivity index (χ1) is 9.79. The number of rotatable bonds is 2. The number of benzodiazepines with no additional fused rings is 1. The first-order valence-electron chi connectivity index (χ1n) is 6.50. The highest BCUT2D eigenvalue weighted by Gasteiger charge is 2.23. The fraction of sp³-hybridized carbons (Fsp3) is 0.125. The molecule has 0 radical (unpaired) electrons. The molecule has 1 aliphatic rings. The summed E-state index contributed by atoms with van der Waals surface area (Å²) >= 11 is 0. The summed E-state index contributed by atoms with van der Waals surface area (Å²) in [4.78, 5) is 16.7. The molecule has 4 nitrogen and oxygen atoms in total. The van der Waals surface area contributed by atoms with E-state index in [1.807, 2.05) is 54.6 Å². The average Bonchev–Trinajstić information content (AvgIpc) is 2.64. The Bertz CT molecular complexity index is 664. The van der Waals surface area contributed by atoms with E-state index in [1.165, 1.54) is 0 Å². The van der Waals surface area contributed by atoms with E-state index in [0.29, 0.717) is 0 Å². The normalized spacial score (nSPS) is 17.8. The predicted octanol–water partition coefficient (Wildman–Crippen LogP) is 2.02. The van der Waals surface area contributed by atoms with Crippen LogP contribution in [0.3, 0.4) is 0 Å². The van der Waals surface area contributed by atoms with Crippen molar-refractivity contribution in [3.05, 3.63) is 65.7 Å². The quantitative estimate of drug-likeness (QED) is 0.873. The number of benzene rings is 2. The van der Waals surface area contributed by atoms with Crippen molar-refractivity contribution in [3.63, 3.8) is 0 Å². The molecule has 0 aliphatic carbocycles. The summed E-state index contributed by atoms with van der Waals surface area (Å²) in [5.74, 6) is -0.147. The molecule has 100 valence electrons. The third-order valence-electron chi connectivity index (χ3n) is 3.27. The number of para-hydroxylation sites is 1. The Labute approximate surface area is 117 Å². The van der Waals surface area contributed by atoms with Gasteiger partial charge in [-0.1, -0.05) is 48.5 Å². The summed E-state index contributed by atoms with van der Waals surface area (Å²) in [5.41, 5.74) is 3.54. The maximum Gasteiger partial charge on any atom is 0.263 e. The van der Waals surface area contributed by atoms with Gasteiger partial charge in [0.05, 0.1) is 11.4 Å².